The van der Waals surface area contributed by atoms with E-state index in [-0.39, 0.29) is 22.6 Å². The van der Waals surface area contributed by atoms with E-state index in [0.717, 1.165) is 26.4 Å². The minimum atomic E-state index is -0.319. The fourth-order valence-corrected chi connectivity index (χ4v) is 4.75. The first-order valence-corrected chi connectivity index (χ1v) is 10.2. The number of furan rings is 1. The minimum Gasteiger partial charge on any atom is -0.451 e. The van der Waals surface area contributed by atoms with Crippen LogP contribution >= 0.6 is 11.3 Å². The van der Waals surface area contributed by atoms with Gasteiger partial charge in [-0.05, 0) is 55.0 Å². The molecule has 0 spiro atoms. The van der Waals surface area contributed by atoms with Crippen molar-refractivity contribution < 1.29 is 9.21 Å². The largest absolute Gasteiger partial charge is 0.451 e. The predicted octanol–water partition coefficient (Wildman–Crippen LogP) is 5.80. The monoisotopic (exact) mass is 402 g/mol. The summed E-state index contributed by atoms with van der Waals surface area (Å²) in [5.41, 5.74) is 2.18. The molecule has 29 heavy (non-hydrogen) atoms. The fourth-order valence-electron chi connectivity index (χ4n) is 3.70. The first-order chi connectivity index (χ1) is 14.0. The molecular weight excluding hydrogens is 384 g/mol. The third kappa shape index (κ3) is 2.93. The third-order valence-electron chi connectivity index (χ3n) is 5.04. The number of hydrogen-bond acceptors (Lipinski definition) is 4. The molecule has 0 unspecified atom stereocenters. The normalized spacial score (nSPS) is 11.7. The summed E-state index contributed by atoms with van der Waals surface area (Å²) in [4.78, 5) is 25.0. The highest BCUT2D eigenvalue weighted by Crippen LogP contribution is 2.29. The lowest BCUT2D eigenvalue weighted by atomic mass is 10.1. The van der Waals surface area contributed by atoms with Crippen molar-refractivity contribution >= 4 is 54.9 Å². The molecule has 0 bridgehead atoms. The Kier molecular flexibility index (Phi) is 4.03. The van der Waals surface area contributed by atoms with Gasteiger partial charge in [0.05, 0.1) is 10.2 Å². The van der Waals surface area contributed by atoms with E-state index in [4.69, 9.17) is 4.42 Å². The van der Waals surface area contributed by atoms with Gasteiger partial charge in [0.15, 0.2) is 5.76 Å². The van der Waals surface area contributed by atoms with Crippen LogP contribution in [0.5, 0.6) is 0 Å². The summed E-state index contributed by atoms with van der Waals surface area (Å²) in [6.45, 7) is 3.96. The summed E-state index contributed by atoms with van der Waals surface area (Å²) < 4.78 is 8.39. The number of hydrogen-bond donors (Lipinski definition) is 1. The van der Waals surface area contributed by atoms with Crippen molar-refractivity contribution in [3.8, 4) is 0 Å². The van der Waals surface area contributed by atoms with Crippen molar-refractivity contribution in [2.45, 2.75) is 19.9 Å². The lowest BCUT2D eigenvalue weighted by Crippen LogP contribution is -2.14. The van der Waals surface area contributed by atoms with Gasteiger partial charge in [0.1, 0.15) is 5.58 Å². The highest BCUT2D eigenvalue weighted by atomic mass is 32.1. The Morgan fingerprint density at radius 2 is 1.86 bits per heavy atom. The van der Waals surface area contributed by atoms with Gasteiger partial charge in [0.25, 0.3) is 5.91 Å². The molecule has 0 aliphatic rings. The fraction of sp³-hybridized carbons (Fsp3) is 0.130. The van der Waals surface area contributed by atoms with Crippen LogP contribution in [0.3, 0.4) is 0 Å². The highest BCUT2D eigenvalue weighted by Gasteiger charge is 2.16. The Bertz CT molecular complexity index is 1460. The molecule has 144 valence electrons. The molecule has 6 heteroatoms. The van der Waals surface area contributed by atoms with E-state index < -0.39 is 0 Å². The summed E-state index contributed by atoms with van der Waals surface area (Å²) in [7, 11) is 0. The Morgan fingerprint density at radius 1 is 1.03 bits per heavy atom. The molecule has 5 aromatic rings. The van der Waals surface area contributed by atoms with E-state index in [9.17, 15) is 9.59 Å². The van der Waals surface area contributed by atoms with E-state index in [2.05, 4.69) is 5.32 Å². The van der Waals surface area contributed by atoms with E-state index in [1.54, 1.807) is 10.6 Å². The van der Waals surface area contributed by atoms with E-state index >= 15 is 0 Å². The van der Waals surface area contributed by atoms with Crippen LogP contribution in [0.1, 0.15) is 30.4 Å². The van der Waals surface area contributed by atoms with Gasteiger partial charge < -0.3 is 9.73 Å². The van der Waals surface area contributed by atoms with Crippen molar-refractivity contribution in [1.29, 1.82) is 0 Å². The summed E-state index contributed by atoms with van der Waals surface area (Å²) in [6, 6.07) is 19.2. The van der Waals surface area contributed by atoms with Crippen LogP contribution in [-0.2, 0) is 0 Å². The minimum absolute atomic E-state index is 0.00244. The van der Waals surface area contributed by atoms with Gasteiger partial charge in [0.2, 0.25) is 0 Å². The average molecular weight is 402 g/mol. The molecule has 0 fully saturated rings. The number of carbonyl (C=O) groups excluding carboxylic acids is 1. The summed E-state index contributed by atoms with van der Waals surface area (Å²) >= 11 is 1.18. The first kappa shape index (κ1) is 17.7. The molecule has 2 aromatic heterocycles. The molecule has 5 nitrogen and oxygen atoms in total. The molecular formula is C23H18N2O3S. The molecule has 1 amide bonds. The number of benzene rings is 3. The molecule has 5 rings (SSSR count). The van der Waals surface area contributed by atoms with Gasteiger partial charge in [-0.1, -0.05) is 41.7 Å². The zero-order valence-corrected chi connectivity index (χ0v) is 16.7. The number of fused-ring (bicyclic) bond motifs is 4. The maximum absolute atomic E-state index is 12.8. The number of aromatic nitrogens is 1. The average Bonchev–Trinajstić information content (AvgIpc) is 3.28. The topological polar surface area (TPSA) is 64.2 Å². The first-order valence-electron chi connectivity index (χ1n) is 9.39. The van der Waals surface area contributed by atoms with Crippen molar-refractivity contribution in [1.82, 2.24) is 4.57 Å². The summed E-state index contributed by atoms with van der Waals surface area (Å²) in [5, 5.41) is 5.94. The maximum Gasteiger partial charge on any atom is 0.308 e. The van der Waals surface area contributed by atoms with Crippen LogP contribution in [0.25, 0.3) is 32.0 Å². The zero-order chi connectivity index (χ0) is 20.1. The standard InChI is InChI=1S/C23H18N2O3S/c1-13(2)25-18-9-8-15(11-21(18)29-23(25)27)24-22(26)20-12-17-16-6-4-3-5-14(16)7-10-19(17)28-20/h3-13H,1-2H3,(H,24,26). The van der Waals surface area contributed by atoms with Gasteiger partial charge in [-0.25, -0.2) is 0 Å². The number of nitrogens with one attached hydrogen (secondary N) is 1. The van der Waals surface area contributed by atoms with Gasteiger partial charge in [-0.3, -0.25) is 14.2 Å². The Labute approximate surface area is 170 Å². The van der Waals surface area contributed by atoms with Crippen LogP contribution in [0.2, 0.25) is 0 Å². The quantitative estimate of drug-likeness (QED) is 0.415. The van der Waals surface area contributed by atoms with Crippen LogP contribution in [0.4, 0.5) is 5.69 Å². The Hall–Kier alpha value is -3.38. The SMILES string of the molecule is CC(C)n1c(=O)sc2cc(NC(=O)c3cc4c(ccc5ccccc54)o3)ccc21. The van der Waals surface area contributed by atoms with E-state index in [1.165, 1.54) is 11.3 Å². The second-order valence-electron chi connectivity index (χ2n) is 7.28. The highest BCUT2D eigenvalue weighted by molar-refractivity contribution is 7.16. The van der Waals surface area contributed by atoms with Crippen LogP contribution in [0, 0.1) is 0 Å². The van der Waals surface area contributed by atoms with Crippen molar-refractivity contribution in [3.05, 3.63) is 76.1 Å². The smallest absolute Gasteiger partial charge is 0.308 e. The molecule has 1 N–H and O–H groups in total. The molecule has 0 radical (unpaired) electrons. The summed E-state index contributed by atoms with van der Waals surface area (Å²) in [5.74, 6) is -0.0651. The Balaban J connectivity index is 1.50. The van der Waals surface area contributed by atoms with Crippen molar-refractivity contribution in [3.63, 3.8) is 0 Å². The van der Waals surface area contributed by atoms with Crippen molar-refractivity contribution in [2.24, 2.45) is 0 Å². The molecule has 0 saturated heterocycles. The van der Waals surface area contributed by atoms with Gasteiger partial charge in [0, 0.05) is 17.1 Å². The van der Waals surface area contributed by atoms with E-state index in [1.807, 2.05) is 68.4 Å². The van der Waals surface area contributed by atoms with Gasteiger partial charge in [-0.2, -0.15) is 0 Å². The third-order valence-corrected chi connectivity index (χ3v) is 5.96. The number of amides is 1. The summed E-state index contributed by atoms with van der Waals surface area (Å²) in [6.07, 6.45) is 0. The molecule has 0 saturated carbocycles. The molecule has 0 aliphatic carbocycles. The van der Waals surface area contributed by atoms with Gasteiger partial charge in [-0.15, -0.1) is 0 Å². The predicted molar refractivity (Wildman–Crippen MR) is 118 cm³/mol. The van der Waals surface area contributed by atoms with E-state index in [0.29, 0.717) is 11.3 Å². The van der Waals surface area contributed by atoms with Gasteiger partial charge >= 0.3 is 4.87 Å². The lowest BCUT2D eigenvalue weighted by molar-refractivity contribution is 0.0998. The maximum atomic E-state index is 12.8. The van der Waals surface area contributed by atoms with Crippen molar-refractivity contribution in [2.75, 3.05) is 5.32 Å². The number of rotatable bonds is 3. The molecule has 3 aromatic carbocycles. The second-order valence-corrected chi connectivity index (χ2v) is 8.27. The molecule has 0 atom stereocenters. The second kappa shape index (κ2) is 6.60. The number of nitrogens with zero attached hydrogens (tertiary/aromatic N) is 1. The van der Waals surface area contributed by atoms with Crippen LogP contribution in [0.15, 0.2) is 69.9 Å². The molecule has 2 heterocycles. The Morgan fingerprint density at radius 3 is 2.69 bits per heavy atom. The van der Waals surface area contributed by atoms with Crippen LogP contribution < -0.4 is 10.2 Å². The number of thiazole rings is 1. The number of carbonyl (C=O) groups is 1. The molecule has 0 aliphatic heterocycles. The zero-order valence-electron chi connectivity index (χ0n) is 15.9. The van der Waals surface area contributed by atoms with Crippen LogP contribution in [-0.4, -0.2) is 10.5 Å². The number of anilines is 1. The lowest BCUT2D eigenvalue weighted by Gasteiger charge is -2.08.